The fraction of sp³-hybridized carbons (Fsp3) is 0.400. The average molecular weight is 326 g/mol. The van der Waals surface area contributed by atoms with Crippen LogP contribution in [0, 0.1) is 11.8 Å². The quantitative estimate of drug-likeness (QED) is 0.699. The first-order chi connectivity index (χ1) is 10.1. The number of carbonyl (C=O) groups excluding carboxylic acids is 2. The van der Waals surface area contributed by atoms with E-state index in [1.165, 1.54) is 0 Å². The number of nitrogens with zero attached hydrogens (tertiary/aromatic N) is 1. The zero-order valence-corrected chi connectivity index (χ0v) is 15.4. The van der Waals surface area contributed by atoms with E-state index in [9.17, 15) is 14.7 Å². The topological polar surface area (TPSA) is 82.1 Å². The molecule has 0 spiro atoms. The van der Waals surface area contributed by atoms with Crippen molar-refractivity contribution in [3.05, 3.63) is 23.2 Å². The van der Waals surface area contributed by atoms with E-state index >= 15 is 0 Å². The van der Waals surface area contributed by atoms with Gasteiger partial charge in [0.2, 0.25) is 5.91 Å². The predicted molar refractivity (Wildman–Crippen MR) is 78.8 cm³/mol. The number of aliphatic carboxylic acids is 1. The van der Waals surface area contributed by atoms with Crippen LogP contribution in [0.3, 0.4) is 0 Å². The second-order valence-electron chi connectivity index (χ2n) is 5.32. The van der Waals surface area contributed by atoms with Gasteiger partial charge in [-0.25, -0.2) is 4.98 Å². The molecule has 1 aliphatic rings. The minimum atomic E-state index is -1.06. The third-order valence-corrected chi connectivity index (χ3v) is 5.01. The molecule has 0 aliphatic heterocycles. The smallest absolute Gasteiger partial charge is 0.550 e. The van der Waals surface area contributed by atoms with Crippen LogP contribution >= 0.6 is 11.3 Å². The van der Waals surface area contributed by atoms with Gasteiger partial charge in [-0.05, 0) is 37.5 Å². The third kappa shape index (κ3) is 3.51. The first kappa shape index (κ1) is 17.4. The number of carboxylic acid groups (broad SMARTS) is 1. The molecule has 0 atom stereocenters. The number of aromatic nitrogens is 1. The Morgan fingerprint density at radius 2 is 2.09 bits per heavy atom. The number of anilines is 1. The molecule has 1 fully saturated rings. The number of carboxylic acids is 1. The molecule has 2 aromatic rings. The maximum absolute atomic E-state index is 12.0. The van der Waals surface area contributed by atoms with Crippen LogP contribution in [0.4, 0.5) is 5.69 Å². The molecule has 0 saturated heterocycles. The summed E-state index contributed by atoms with van der Waals surface area (Å²) in [5, 5.41) is 14.6. The monoisotopic (exact) mass is 326 g/mol. The van der Waals surface area contributed by atoms with Crippen molar-refractivity contribution in [2.45, 2.75) is 26.2 Å². The van der Waals surface area contributed by atoms with Crippen LogP contribution in [0.5, 0.6) is 0 Å². The Kier molecular flexibility index (Phi) is 5.60. The molecule has 1 N–H and O–H groups in total. The van der Waals surface area contributed by atoms with Crippen LogP contribution in [0.2, 0.25) is 0 Å². The van der Waals surface area contributed by atoms with Crippen molar-refractivity contribution < 1.29 is 44.3 Å². The predicted octanol–water partition coefficient (Wildman–Crippen LogP) is -1.42. The van der Waals surface area contributed by atoms with Crippen LogP contribution in [0.1, 0.15) is 24.8 Å². The van der Waals surface area contributed by atoms with Crippen molar-refractivity contribution in [3.8, 4) is 0 Å². The molecule has 1 saturated carbocycles. The number of nitrogens with one attached hydrogen (secondary N) is 1. The molecule has 1 heterocycles. The van der Waals surface area contributed by atoms with Gasteiger partial charge in [-0.15, -0.1) is 11.3 Å². The number of rotatable bonds is 4. The van der Waals surface area contributed by atoms with Crippen LogP contribution in [0.15, 0.2) is 18.2 Å². The second kappa shape index (κ2) is 7.08. The molecule has 3 rings (SSSR count). The number of hydrogen-bond acceptors (Lipinski definition) is 5. The Morgan fingerprint density at radius 3 is 2.73 bits per heavy atom. The van der Waals surface area contributed by atoms with Crippen molar-refractivity contribution in [1.29, 1.82) is 0 Å². The SMILES string of the molecule is CCc1nc2ccc(NC(=O)C3CC(C(=O)[O-])C3)cc2s1.[Na+]. The molecular weight excluding hydrogens is 311 g/mol. The molecule has 1 aromatic carbocycles. The average Bonchev–Trinajstić information content (AvgIpc) is 2.78. The van der Waals surface area contributed by atoms with Crippen LogP contribution in [-0.2, 0) is 16.0 Å². The van der Waals surface area contributed by atoms with Gasteiger partial charge in [0, 0.05) is 23.5 Å². The number of thiazole rings is 1. The number of hydrogen-bond donors (Lipinski definition) is 1. The van der Waals surface area contributed by atoms with E-state index in [0.29, 0.717) is 12.8 Å². The standard InChI is InChI=1S/C15H16N2O3S.Na/c1-2-13-17-11-4-3-10(7-12(11)21-13)16-14(18)8-5-9(6-8)15(19)20;/h3-4,7-9H,2,5-6H2,1H3,(H,16,18)(H,19,20);/q;+1/p-1. The minimum Gasteiger partial charge on any atom is -0.550 e. The largest absolute Gasteiger partial charge is 1.00 e. The molecule has 0 radical (unpaired) electrons. The van der Waals surface area contributed by atoms with Gasteiger partial charge in [0.25, 0.3) is 0 Å². The Balaban J connectivity index is 0.00000176. The van der Waals surface area contributed by atoms with Gasteiger partial charge >= 0.3 is 29.6 Å². The molecule has 7 heteroatoms. The number of aryl methyl sites for hydroxylation is 1. The van der Waals surface area contributed by atoms with E-state index in [1.54, 1.807) is 11.3 Å². The first-order valence-corrected chi connectivity index (χ1v) is 7.79. The Morgan fingerprint density at radius 1 is 1.36 bits per heavy atom. The van der Waals surface area contributed by atoms with Crippen LogP contribution in [-0.4, -0.2) is 16.9 Å². The zero-order chi connectivity index (χ0) is 15.0. The summed E-state index contributed by atoms with van der Waals surface area (Å²) < 4.78 is 1.05. The molecule has 110 valence electrons. The van der Waals surface area contributed by atoms with Crippen molar-refractivity contribution in [2.75, 3.05) is 5.32 Å². The van der Waals surface area contributed by atoms with E-state index in [4.69, 9.17) is 0 Å². The van der Waals surface area contributed by atoms with Crippen LogP contribution < -0.4 is 40.0 Å². The molecular formula is C15H15N2NaO3S. The van der Waals surface area contributed by atoms with Gasteiger partial charge in [-0.1, -0.05) is 6.92 Å². The number of fused-ring (bicyclic) bond motifs is 1. The van der Waals surface area contributed by atoms with Gasteiger partial charge < -0.3 is 15.2 Å². The summed E-state index contributed by atoms with van der Waals surface area (Å²) in [6.45, 7) is 2.06. The van der Waals surface area contributed by atoms with Crippen LogP contribution in [0.25, 0.3) is 10.2 Å². The Hall–Kier alpha value is -0.950. The van der Waals surface area contributed by atoms with Crippen molar-refractivity contribution in [3.63, 3.8) is 0 Å². The summed E-state index contributed by atoms with van der Waals surface area (Å²) in [6.07, 6.45) is 1.64. The molecule has 1 aromatic heterocycles. The minimum absolute atomic E-state index is 0. The van der Waals surface area contributed by atoms with Gasteiger partial charge in [0.15, 0.2) is 0 Å². The molecule has 5 nitrogen and oxygen atoms in total. The molecule has 1 amide bonds. The van der Waals surface area contributed by atoms with E-state index in [-0.39, 0.29) is 41.4 Å². The summed E-state index contributed by atoms with van der Waals surface area (Å²) in [7, 11) is 0. The fourth-order valence-corrected chi connectivity index (χ4v) is 3.42. The summed E-state index contributed by atoms with van der Waals surface area (Å²) >= 11 is 1.62. The Labute approximate surface area is 154 Å². The van der Waals surface area contributed by atoms with Crippen molar-refractivity contribution in [2.24, 2.45) is 11.8 Å². The summed E-state index contributed by atoms with van der Waals surface area (Å²) in [6, 6.07) is 5.64. The summed E-state index contributed by atoms with van der Waals surface area (Å²) in [5.74, 6) is -1.88. The van der Waals surface area contributed by atoms with E-state index in [2.05, 4.69) is 17.2 Å². The number of carbonyl (C=O) groups is 2. The molecule has 0 unspecified atom stereocenters. The summed E-state index contributed by atoms with van der Waals surface area (Å²) in [5.41, 5.74) is 1.67. The van der Waals surface area contributed by atoms with E-state index in [1.807, 2.05) is 18.2 Å². The summed E-state index contributed by atoms with van der Waals surface area (Å²) in [4.78, 5) is 27.1. The third-order valence-electron chi connectivity index (χ3n) is 3.84. The van der Waals surface area contributed by atoms with Gasteiger partial charge in [-0.3, -0.25) is 4.79 Å². The van der Waals surface area contributed by atoms with E-state index in [0.717, 1.165) is 27.3 Å². The maximum atomic E-state index is 12.0. The second-order valence-corrected chi connectivity index (χ2v) is 6.43. The normalized spacial score (nSPS) is 20.0. The van der Waals surface area contributed by atoms with E-state index < -0.39 is 11.9 Å². The van der Waals surface area contributed by atoms with Gasteiger partial charge in [-0.2, -0.15) is 0 Å². The Bertz CT molecular complexity index is 710. The number of benzene rings is 1. The first-order valence-electron chi connectivity index (χ1n) is 6.98. The molecule has 0 bridgehead atoms. The number of amides is 1. The zero-order valence-electron chi connectivity index (χ0n) is 12.6. The maximum Gasteiger partial charge on any atom is 1.00 e. The van der Waals surface area contributed by atoms with Gasteiger partial charge in [0.05, 0.1) is 15.2 Å². The molecule has 1 aliphatic carbocycles. The fourth-order valence-electron chi connectivity index (χ4n) is 2.47. The molecule has 22 heavy (non-hydrogen) atoms. The van der Waals surface area contributed by atoms with Crippen molar-refractivity contribution >= 4 is 39.1 Å². The van der Waals surface area contributed by atoms with Gasteiger partial charge in [0.1, 0.15) is 0 Å². The van der Waals surface area contributed by atoms with Crippen molar-refractivity contribution in [1.82, 2.24) is 4.98 Å².